The van der Waals surface area contributed by atoms with Gasteiger partial charge >= 0.3 is 0 Å². The van der Waals surface area contributed by atoms with Crippen LogP contribution < -0.4 is 4.74 Å². The van der Waals surface area contributed by atoms with Gasteiger partial charge in [0.05, 0.1) is 25.0 Å². The van der Waals surface area contributed by atoms with Crippen molar-refractivity contribution < 1.29 is 9.26 Å². The summed E-state index contributed by atoms with van der Waals surface area (Å²) in [4.78, 5) is 2.47. The lowest BCUT2D eigenvalue weighted by atomic mass is 10.1. The summed E-state index contributed by atoms with van der Waals surface area (Å²) in [5, 5.41) is 11.8. The third kappa shape index (κ3) is 3.62. The molecule has 1 aliphatic heterocycles. The SMILES string of the molecule is COc1ccc(-c2[nH]ncc2CN2CCC[C@H]2c2cc(C(C)C)on2)cc1. The molecule has 0 amide bonds. The maximum Gasteiger partial charge on any atom is 0.139 e. The van der Waals surface area contributed by atoms with Crippen molar-refractivity contribution in [2.75, 3.05) is 13.7 Å². The molecule has 4 rings (SSSR count). The molecule has 142 valence electrons. The zero-order chi connectivity index (χ0) is 18.8. The van der Waals surface area contributed by atoms with Gasteiger partial charge in [0, 0.05) is 29.7 Å². The number of nitrogens with one attached hydrogen (secondary N) is 1. The molecule has 6 heteroatoms. The molecule has 1 atom stereocenters. The number of ether oxygens (including phenoxy) is 1. The van der Waals surface area contributed by atoms with Gasteiger partial charge in [0.15, 0.2) is 0 Å². The van der Waals surface area contributed by atoms with Gasteiger partial charge in [-0.1, -0.05) is 19.0 Å². The lowest BCUT2D eigenvalue weighted by molar-refractivity contribution is 0.236. The molecule has 2 aromatic heterocycles. The van der Waals surface area contributed by atoms with Crippen molar-refractivity contribution >= 4 is 0 Å². The second kappa shape index (κ2) is 7.56. The highest BCUT2D eigenvalue weighted by Gasteiger charge is 2.30. The number of H-pyrrole nitrogens is 1. The quantitative estimate of drug-likeness (QED) is 0.694. The molecule has 0 unspecified atom stereocenters. The fourth-order valence-corrected chi connectivity index (χ4v) is 3.74. The molecule has 1 saturated heterocycles. The molecule has 0 saturated carbocycles. The van der Waals surface area contributed by atoms with E-state index in [0.29, 0.717) is 12.0 Å². The fraction of sp³-hybridized carbons (Fsp3) is 0.429. The Labute approximate surface area is 159 Å². The number of hydrogen-bond donors (Lipinski definition) is 1. The van der Waals surface area contributed by atoms with Gasteiger partial charge in [-0.25, -0.2) is 0 Å². The van der Waals surface area contributed by atoms with Crippen LogP contribution in [0, 0.1) is 0 Å². The van der Waals surface area contributed by atoms with Gasteiger partial charge in [0.2, 0.25) is 0 Å². The molecule has 3 aromatic rings. The van der Waals surface area contributed by atoms with Gasteiger partial charge in [0.25, 0.3) is 0 Å². The molecule has 27 heavy (non-hydrogen) atoms. The van der Waals surface area contributed by atoms with Crippen molar-refractivity contribution in [2.24, 2.45) is 0 Å². The molecule has 0 spiro atoms. The van der Waals surface area contributed by atoms with E-state index in [-0.39, 0.29) is 0 Å². The summed E-state index contributed by atoms with van der Waals surface area (Å²) in [7, 11) is 1.68. The first-order valence-corrected chi connectivity index (χ1v) is 9.53. The Balaban J connectivity index is 1.54. The van der Waals surface area contributed by atoms with Crippen molar-refractivity contribution in [1.82, 2.24) is 20.3 Å². The van der Waals surface area contributed by atoms with Gasteiger partial charge in [-0.3, -0.25) is 10.00 Å². The van der Waals surface area contributed by atoms with E-state index in [1.54, 1.807) is 7.11 Å². The predicted octanol–water partition coefficient (Wildman–Crippen LogP) is 4.53. The van der Waals surface area contributed by atoms with Crippen LogP contribution in [0.15, 0.2) is 41.1 Å². The zero-order valence-corrected chi connectivity index (χ0v) is 16.1. The largest absolute Gasteiger partial charge is 0.497 e. The number of aromatic amines is 1. The summed E-state index contributed by atoms with van der Waals surface area (Å²) in [5.41, 5.74) is 4.42. The van der Waals surface area contributed by atoms with Crippen LogP contribution in [-0.2, 0) is 6.54 Å². The first-order chi connectivity index (χ1) is 13.2. The topological polar surface area (TPSA) is 67.2 Å². The van der Waals surface area contributed by atoms with E-state index in [4.69, 9.17) is 9.26 Å². The number of likely N-dealkylation sites (tertiary alicyclic amines) is 1. The van der Waals surface area contributed by atoms with Crippen LogP contribution in [0.1, 0.15) is 55.7 Å². The first-order valence-electron chi connectivity index (χ1n) is 9.53. The normalized spacial score (nSPS) is 17.7. The van der Waals surface area contributed by atoms with Crippen molar-refractivity contribution in [3.8, 4) is 17.0 Å². The summed E-state index contributed by atoms with van der Waals surface area (Å²) in [6.45, 7) is 6.15. The number of benzene rings is 1. The van der Waals surface area contributed by atoms with E-state index >= 15 is 0 Å². The Morgan fingerprint density at radius 2 is 2.11 bits per heavy atom. The standard InChI is InChI=1S/C21H26N4O2/c1-14(2)20-11-18(24-27-20)19-5-4-10-25(19)13-16-12-22-23-21(16)15-6-8-17(26-3)9-7-15/h6-9,11-12,14,19H,4-5,10,13H2,1-3H3,(H,22,23)/t19-/m0/s1. The number of aromatic nitrogens is 3. The van der Waals surface area contributed by atoms with E-state index in [2.05, 4.69) is 52.3 Å². The highest BCUT2D eigenvalue weighted by molar-refractivity contribution is 5.63. The van der Waals surface area contributed by atoms with Crippen LogP contribution in [0.5, 0.6) is 5.75 Å². The van der Waals surface area contributed by atoms with Gasteiger partial charge < -0.3 is 9.26 Å². The molecule has 0 aliphatic carbocycles. The number of methoxy groups -OCH3 is 1. The van der Waals surface area contributed by atoms with Gasteiger partial charge in [-0.15, -0.1) is 0 Å². The Kier molecular flexibility index (Phi) is 4.99. The second-order valence-corrected chi connectivity index (χ2v) is 7.44. The summed E-state index contributed by atoms with van der Waals surface area (Å²) < 4.78 is 10.8. The molecule has 1 aliphatic rings. The second-order valence-electron chi connectivity index (χ2n) is 7.44. The number of nitrogens with zero attached hydrogens (tertiary/aromatic N) is 3. The molecule has 0 bridgehead atoms. The van der Waals surface area contributed by atoms with E-state index in [0.717, 1.165) is 48.0 Å². The van der Waals surface area contributed by atoms with Crippen LogP contribution in [0.3, 0.4) is 0 Å². The maximum atomic E-state index is 5.53. The minimum Gasteiger partial charge on any atom is -0.497 e. The zero-order valence-electron chi connectivity index (χ0n) is 16.1. The Hall–Kier alpha value is -2.60. The van der Waals surface area contributed by atoms with Gasteiger partial charge in [0.1, 0.15) is 17.2 Å². The van der Waals surface area contributed by atoms with Gasteiger partial charge in [-0.2, -0.15) is 5.10 Å². The summed E-state index contributed by atoms with van der Waals surface area (Å²) in [6, 6.07) is 10.5. The Morgan fingerprint density at radius 1 is 1.30 bits per heavy atom. The van der Waals surface area contributed by atoms with E-state index in [1.807, 2.05) is 18.3 Å². The van der Waals surface area contributed by atoms with E-state index < -0.39 is 0 Å². The average molecular weight is 366 g/mol. The average Bonchev–Trinajstić information content (AvgIpc) is 3.42. The fourth-order valence-electron chi connectivity index (χ4n) is 3.74. The summed E-state index contributed by atoms with van der Waals surface area (Å²) in [5.74, 6) is 2.17. The van der Waals surface area contributed by atoms with Crippen molar-refractivity contribution in [1.29, 1.82) is 0 Å². The third-order valence-electron chi connectivity index (χ3n) is 5.29. The van der Waals surface area contributed by atoms with Crippen LogP contribution in [0.25, 0.3) is 11.3 Å². The van der Waals surface area contributed by atoms with E-state index in [1.165, 1.54) is 12.0 Å². The first kappa shape index (κ1) is 17.8. The number of rotatable bonds is 6. The highest BCUT2D eigenvalue weighted by Crippen LogP contribution is 2.35. The lowest BCUT2D eigenvalue weighted by Gasteiger charge is -2.22. The van der Waals surface area contributed by atoms with Crippen LogP contribution in [0.2, 0.25) is 0 Å². The Morgan fingerprint density at radius 3 is 2.81 bits per heavy atom. The van der Waals surface area contributed by atoms with Crippen LogP contribution >= 0.6 is 0 Å². The highest BCUT2D eigenvalue weighted by atomic mass is 16.5. The molecular formula is C21H26N4O2. The lowest BCUT2D eigenvalue weighted by Crippen LogP contribution is -2.23. The number of hydrogen-bond acceptors (Lipinski definition) is 5. The predicted molar refractivity (Wildman–Crippen MR) is 104 cm³/mol. The van der Waals surface area contributed by atoms with E-state index in [9.17, 15) is 0 Å². The van der Waals surface area contributed by atoms with Crippen molar-refractivity contribution in [2.45, 2.75) is 45.2 Å². The molecular weight excluding hydrogens is 340 g/mol. The summed E-state index contributed by atoms with van der Waals surface area (Å²) >= 11 is 0. The molecule has 3 heterocycles. The minimum absolute atomic E-state index is 0.305. The van der Waals surface area contributed by atoms with Crippen molar-refractivity contribution in [3.05, 3.63) is 53.5 Å². The maximum absolute atomic E-state index is 5.53. The van der Waals surface area contributed by atoms with Crippen LogP contribution in [0.4, 0.5) is 0 Å². The minimum atomic E-state index is 0.305. The molecule has 0 radical (unpaired) electrons. The van der Waals surface area contributed by atoms with Crippen LogP contribution in [-0.4, -0.2) is 33.9 Å². The molecule has 1 fully saturated rings. The van der Waals surface area contributed by atoms with Crippen molar-refractivity contribution in [3.63, 3.8) is 0 Å². The summed E-state index contributed by atoms with van der Waals surface area (Å²) in [6.07, 6.45) is 4.21. The Bertz CT molecular complexity index is 882. The van der Waals surface area contributed by atoms with Gasteiger partial charge in [-0.05, 0) is 43.7 Å². The molecule has 6 nitrogen and oxygen atoms in total. The smallest absolute Gasteiger partial charge is 0.139 e. The molecule has 1 N–H and O–H groups in total. The molecule has 1 aromatic carbocycles. The third-order valence-corrected chi connectivity index (χ3v) is 5.29. The monoisotopic (exact) mass is 366 g/mol.